The Morgan fingerprint density at radius 2 is 2.09 bits per heavy atom. The molecule has 4 nitrogen and oxygen atoms in total. The second-order valence-corrected chi connectivity index (χ2v) is 6.14. The first kappa shape index (κ1) is 16.5. The molecule has 0 atom stereocenters. The maximum absolute atomic E-state index is 12.3. The van der Waals surface area contributed by atoms with Crippen molar-refractivity contribution in [2.75, 3.05) is 13.2 Å². The molecular formula is C16H15NO3S2. The van der Waals surface area contributed by atoms with E-state index in [0.29, 0.717) is 9.23 Å². The van der Waals surface area contributed by atoms with Gasteiger partial charge in [-0.05, 0) is 11.6 Å². The van der Waals surface area contributed by atoms with E-state index in [-0.39, 0.29) is 31.4 Å². The van der Waals surface area contributed by atoms with E-state index < -0.39 is 0 Å². The van der Waals surface area contributed by atoms with Crippen LogP contribution in [-0.4, -0.2) is 34.2 Å². The number of nitrogens with zero attached hydrogens (tertiary/aromatic N) is 1. The van der Waals surface area contributed by atoms with Crippen molar-refractivity contribution in [1.82, 2.24) is 4.90 Å². The highest BCUT2D eigenvalue weighted by atomic mass is 32.2. The summed E-state index contributed by atoms with van der Waals surface area (Å²) in [5.74, 6) is -0.545. The van der Waals surface area contributed by atoms with Crippen LogP contribution in [0.25, 0.3) is 6.08 Å². The van der Waals surface area contributed by atoms with Crippen LogP contribution in [0.5, 0.6) is 0 Å². The molecule has 1 fully saturated rings. The van der Waals surface area contributed by atoms with Crippen LogP contribution in [0.15, 0.2) is 47.9 Å². The van der Waals surface area contributed by atoms with Crippen LogP contribution in [0, 0.1) is 0 Å². The molecule has 1 saturated heterocycles. The lowest BCUT2D eigenvalue weighted by molar-refractivity contribution is -0.142. The van der Waals surface area contributed by atoms with E-state index in [9.17, 15) is 9.59 Å². The van der Waals surface area contributed by atoms with Gasteiger partial charge >= 0.3 is 5.97 Å². The van der Waals surface area contributed by atoms with Crippen molar-refractivity contribution in [3.63, 3.8) is 0 Å². The fourth-order valence-corrected chi connectivity index (χ4v) is 3.13. The molecule has 0 aromatic heterocycles. The van der Waals surface area contributed by atoms with Crippen LogP contribution in [0.1, 0.15) is 12.0 Å². The number of rotatable bonds is 6. The summed E-state index contributed by atoms with van der Waals surface area (Å²) in [7, 11) is 0. The van der Waals surface area contributed by atoms with Gasteiger partial charge in [-0.3, -0.25) is 14.5 Å². The van der Waals surface area contributed by atoms with Crippen molar-refractivity contribution in [3.05, 3.63) is 53.5 Å². The van der Waals surface area contributed by atoms with Crippen LogP contribution in [0.3, 0.4) is 0 Å². The lowest BCUT2D eigenvalue weighted by Gasteiger charge is -2.13. The quantitative estimate of drug-likeness (QED) is 0.347. The number of thiocarbonyl (C=S) groups is 1. The average Bonchev–Trinajstić information content (AvgIpc) is 2.78. The summed E-state index contributed by atoms with van der Waals surface area (Å²) in [6.07, 6.45) is 3.41. The molecule has 0 unspecified atom stereocenters. The Labute approximate surface area is 138 Å². The maximum atomic E-state index is 12.3. The monoisotopic (exact) mass is 333 g/mol. The minimum Gasteiger partial charge on any atom is -0.461 e. The van der Waals surface area contributed by atoms with Crippen molar-refractivity contribution < 1.29 is 14.3 Å². The number of hydrogen-bond donors (Lipinski definition) is 0. The molecule has 0 radical (unpaired) electrons. The first-order valence-corrected chi connectivity index (χ1v) is 7.91. The van der Waals surface area contributed by atoms with E-state index >= 15 is 0 Å². The second-order valence-electron chi connectivity index (χ2n) is 4.47. The van der Waals surface area contributed by atoms with Gasteiger partial charge in [0.25, 0.3) is 5.91 Å². The van der Waals surface area contributed by atoms with Gasteiger partial charge in [0.05, 0.1) is 11.3 Å². The highest BCUT2D eigenvalue weighted by Gasteiger charge is 2.32. The number of carbonyl (C=O) groups excluding carboxylic acids is 2. The highest BCUT2D eigenvalue weighted by Crippen LogP contribution is 2.32. The molecule has 0 saturated carbocycles. The van der Waals surface area contributed by atoms with Gasteiger partial charge in [-0.25, -0.2) is 0 Å². The van der Waals surface area contributed by atoms with Crippen molar-refractivity contribution >= 4 is 46.3 Å². The van der Waals surface area contributed by atoms with E-state index in [0.717, 1.165) is 5.56 Å². The number of benzene rings is 1. The van der Waals surface area contributed by atoms with Crippen molar-refractivity contribution in [1.29, 1.82) is 0 Å². The number of carbonyl (C=O) groups is 2. The van der Waals surface area contributed by atoms with Gasteiger partial charge in [0.2, 0.25) is 0 Å². The summed E-state index contributed by atoms with van der Waals surface area (Å²) in [5.41, 5.74) is 0.938. The maximum Gasteiger partial charge on any atom is 0.307 e. The number of ether oxygens (including phenoxy) is 1. The molecule has 2 rings (SSSR count). The molecule has 1 aliphatic heterocycles. The van der Waals surface area contributed by atoms with E-state index in [1.54, 1.807) is 6.08 Å². The summed E-state index contributed by atoms with van der Waals surface area (Å²) in [4.78, 5) is 25.8. The summed E-state index contributed by atoms with van der Waals surface area (Å²) in [6.45, 7) is 3.87. The summed E-state index contributed by atoms with van der Waals surface area (Å²) in [6, 6.07) is 9.56. The molecule has 1 amide bonds. The Morgan fingerprint density at radius 1 is 1.36 bits per heavy atom. The van der Waals surface area contributed by atoms with Crippen LogP contribution in [0.4, 0.5) is 0 Å². The van der Waals surface area contributed by atoms with Crippen molar-refractivity contribution in [2.45, 2.75) is 6.42 Å². The van der Waals surface area contributed by atoms with Crippen LogP contribution in [0.2, 0.25) is 0 Å². The number of hydrogen-bond acceptors (Lipinski definition) is 5. The molecule has 1 aliphatic rings. The first-order chi connectivity index (χ1) is 10.6. The van der Waals surface area contributed by atoms with E-state index in [1.165, 1.54) is 22.7 Å². The van der Waals surface area contributed by atoms with Gasteiger partial charge < -0.3 is 4.74 Å². The van der Waals surface area contributed by atoms with Crippen LogP contribution in [-0.2, 0) is 14.3 Å². The minimum absolute atomic E-state index is 0.110. The summed E-state index contributed by atoms with van der Waals surface area (Å²) < 4.78 is 5.35. The smallest absolute Gasteiger partial charge is 0.307 e. The average molecular weight is 333 g/mol. The molecule has 22 heavy (non-hydrogen) atoms. The van der Waals surface area contributed by atoms with Gasteiger partial charge in [-0.1, -0.05) is 67.0 Å². The van der Waals surface area contributed by atoms with Crippen LogP contribution >= 0.6 is 24.0 Å². The third-order valence-corrected chi connectivity index (χ3v) is 4.25. The normalized spacial score (nSPS) is 16.2. The molecular weight excluding hydrogens is 318 g/mol. The minimum atomic E-state index is -0.374. The third kappa shape index (κ3) is 4.29. The molecule has 0 spiro atoms. The predicted molar refractivity (Wildman–Crippen MR) is 92.1 cm³/mol. The Morgan fingerprint density at radius 3 is 2.77 bits per heavy atom. The molecule has 1 heterocycles. The number of amides is 1. The summed E-state index contributed by atoms with van der Waals surface area (Å²) in [5, 5.41) is 0. The SMILES string of the molecule is C=CCOC(=O)CCN1C(=O)C(=Cc2ccccc2)SC1=S. The molecule has 114 valence electrons. The Balaban J connectivity index is 1.99. The van der Waals surface area contributed by atoms with Crippen LogP contribution < -0.4 is 0 Å². The zero-order valence-corrected chi connectivity index (χ0v) is 13.5. The molecule has 6 heteroatoms. The topological polar surface area (TPSA) is 46.6 Å². The van der Waals surface area contributed by atoms with Gasteiger partial charge in [0, 0.05) is 6.54 Å². The molecule has 1 aromatic carbocycles. The standard InChI is InChI=1S/C16H15NO3S2/c1-2-10-20-14(18)8-9-17-15(19)13(22-16(17)21)11-12-6-4-3-5-7-12/h2-7,11H,1,8-10H2. The molecule has 0 aliphatic carbocycles. The lowest BCUT2D eigenvalue weighted by atomic mass is 10.2. The third-order valence-electron chi connectivity index (χ3n) is 2.87. The van der Waals surface area contributed by atoms with Gasteiger partial charge in [-0.15, -0.1) is 0 Å². The van der Waals surface area contributed by atoms with Gasteiger partial charge in [0.1, 0.15) is 10.9 Å². The fraction of sp³-hybridized carbons (Fsp3) is 0.188. The van der Waals surface area contributed by atoms with Crippen molar-refractivity contribution in [2.24, 2.45) is 0 Å². The first-order valence-electron chi connectivity index (χ1n) is 6.68. The zero-order chi connectivity index (χ0) is 15.9. The lowest BCUT2D eigenvalue weighted by Crippen LogP contribution is -2.30. The molecule has 0 N–H and O–H groups in total. The Hall–Kier alpha value is -1.92. The van der Waals surface area contributed by atoms with E-state index in [1.807, 2.05) is 30.3 Å². The second kappa shape index (κ2) is 7.91. The zero-order valence-electron chi connectivity index (χ0n) is 11.9. The Kier molecular flexibility index (Phi) is 5.91. The molecule has 1 aromatic rings. The molecule has 0 bridgehead atoms. The van der Waals surface area contributed by atoms with Crippen molar-refractivity contribution in [3.8, 4) is 0 Å². The highest BCUT2D eigenvalue weighted by molar-refractivity contribution is 8.26. The van der Waals surface area contributed by atoms with E-state index in [2.05, 4.69) is 6.58 Å². The fourth-order valence-electron chi connectivity index (χ4n) is 1.82. The number of thioether (sulfide) groups is 1. The van der Waals surface area contributed by atoms with E-state index in [4.69, 9.17) is 17.0 Å². The largest absolute Gasteiger partial charge is 0.461 e. The Bertz CT molecular complexity index is 626. The predicted octanol–water partition coefficient (Wildman–Crippen LogP) is 3.01. The number of esters is 1. The summed E-state index contributed by atoms with van der Waals surface area (Å²) >= 11 is 6.46. The van der Waals surface area contributed by atoms with Gasteiger partial charge in [0.15, 0.2) is 0 Å². The van der Waals surface area contributed by atoms with Gasteiger partial charge in [-0.2, -0.15) is 0 Å².